The monoisotopic (exact) mass is 156 g/mol. The van der Waals surface area contributed by atoms with Gasteiger partial charge in [-0.2, -0.15) is 0 Å². The molecule has 0 radical (unpaired) electrons. The van der Waals surface area contributed by atoms with Crippen LogP contribution in [0.1, 0.15) is 30.4 Å². The van der Waals surface area contributed by atoms with Crippen molar-refractivity contribution in [2.24, 2.45) is 5.92 Å². The highest BCUT2D eigenvalue weighted by Gasteiger charge is 2.40. The van der Waals surface area contributed by atoms with Crippen LogP contribution in [0.3, 0.4) is 0 Å². The maximum absolute atomic E-state index is 2.44. The lowest BCUT2D eigenvalue weighted by Gasteiger charge is -2.13. The second-order valence-electron chi connectivity index (χ2n) is 3.94. The summed E-state index contributed by atoms with van der Waals surface area (Å²) in [7, 11) is 0. The Kier molecular flexibility index (Phi) is 1.08. The number of hydrogen-bond acceptors (Lipinski definition) is 0. The molecule has 1 fully saturated rings. The second kappa shape index (κ2) is 2.01. The van der Waals surface area contributed by atoms with Crippen molar-refractivity contribution in [3.05, 3.63) is 41.5 Å². The van der Waals surface area contributed by atoms with Crippen LogP contribution in [0, 0.1) is 5.92 Å². The van der Waals surface area contributed by atoms with Crippen molar-refractivity contribution in [2.45, 2.75) is 19.3 Å². The zero-order valence-corrected chi connectivity index (χ0v) is 7.25. The number of benzene rings is 1. The van der Waals surface area contributed by atoms with Gasteiger partial charge in [0.25, 0.3) is 0 Å². The Morgan fingerprint density at radius 1 is 1.25 bits per heavy atom. The van der Waals surface area contributed by atoms with Crippen molar-refractivity contribution in [1.29, 1.82) is 0 Å². The van der Waals surface area contributed by atoms with E-state index in [9.17, 15) is 0 Å². The van der Waals surface area contributed by atoms with E-state index in [1.165, 1.54) is 17.6 Å². The number of fused-ring (bicyclic) bond motifs is 3. The molecule has 60 valence electrons. The van der Waals surface area contributed by atoms with E-state index in [1.54, 1.807) is 5.56 Å². The van der Waals surface area contributed by atoms with Crippen molar-refractivity contribution in [2.75, 3.05) is 0 Å². The quantitative estimate of drug-likeness (QED) is 0.541. The van der Waals surface area contributed by atoms with E-state index in [0.717, 1.165) is 11.8 Å². The van der Waals surface area contributed by atoms with E-state index in [4.69, 9.17) is 0 Å². The van der Waals surface area contributed by atoms with Gasteiger partial charge in [-0.3, -0.25) is 0 Å². The molecular formula is C12H12. The normalized spacial score (nSPS) is 30.2. The SMILES string of the molecule is CC1=CC2CC2c2ccccc21. The minimum Gasteiger partial charge on any atom is -0.0772 e. The molecule has 2 unspecified atom stereocenters. The van der Waals surface area contributed by atoms with Gasteiger partial charge in [0.15, 0.2) is 0 Å². The fraction of sp³-hybridized carbons (Fsp3) is 0.333. The number of allylic oxidation sites excluding steroid dienone is 2. The van der Waals surface area contributed by atoms with Crippen LogP contribution in [0.2, 0.25) is 0 Å². The van der Waals surface area contributed by atoms with Gasteiger partial charge < -0.3 is 0 Å². The molecule has 1 saturated carbocycles. The van der Waals surface area contributed by atoms with Gasteiger partial charge in [0.2, 0.25) is 0 Å². The van der Waals surface area contributed by atoms with E-state index in [-0.39, 0.29) is 0 Å². The Morgan fingerprint density at radius 2 is 2.08 bits per heavy atom. The summed E-state index contributed by atoms with van der Waals surface area (Å²) in [6.45, 7) is 2.23. The number of hydrogen-bond donors (Lipinski definition) is 0. The molecule has 0 aliphatic heterocycles. The fourth-order valence-corrected chi connectivity index (χ4v) is 2.35. The average Bonchev–Trinajstić information content (AvgIpc) is 2.84. The lowest BCUT2D eigenvalue weighted by molar-refractivity contribution is 0.985. The Balaban J connectivity index is 2.25. The van der Waals surface area contributed by atoms with Crippen LogP contribution in [0.5, 0.6) is 0 Å². The highest BCUT2D eigenvalue weighted by Crippen LogP contribution is 2.54. The first-order chi connectivity index (χ1) is 5.86. The Bertz CT molecular complexity index is 360. The molecule has 3 rings (SSSR count). The molecule has 2 aliphatic rings. The highest BCUT2D eigenvalue weighted by molar-refractivity contribution is 5.71. The average molecular weight is 156 g/mol. The van der Waals surface area contributed by atoms with Crippen LogP contribution in [-0.4, -0.2) is 0 Å². The predicted molar refractivity (Wildman–Crippen MR) is 50.9 cm³/mol. The molecule has 1 aromatic rings. The van der Waals surface area contributed by atoms with Crippen LogP contribution >= 0.6 is 0 Å². The first kappa shape index (κ1) is 6.47. The zero-order valence-electron chi connectivity index (χ0n) is 7.25. The van der Waals surface area contributed by atoms with Crippen molar-refractivity contribution in [3.63, 3.8) is 0 Å². The molecule has 0 nitrogen and oxygen atoms in total. The highest BCUT2D eigenvalue weighted by atomic mass is 14.4. The van der Waals surface area contributed by atoms with Crippen molar-refractivity contribution in [1.82, 2.24) is 0 Å². The van der Waals surface area contributed by atoms with Crippen molar-refractivity contribution in [3.8, 4) is 0 Å². The van der Waals surface area contributed by atoms with E-state index in [0.29, 0.717) is 0 Å². The van der Waals surface area contributed by atoms with Crippen molar-refractivity contribution < 1.29 is 0 Å². The topological polar surface area (TPSA) is 0 Å². The summed E-state index contributed by atoms with van der Waals surface area (Å²) < 4.78 is 0. The molecule has 0 aromatic heterocycles. The predicted octanol–water partition coefficient (Wildman–Crippen LogP) is 3.21. The minimum atomic E-state index is 0.866. The van der Waals surface area contributed by atoms with Gasteiger partial charge in [-0.05, 0) is 41.9 Å². The molecular weight excluding hydrogens is 144 g/mol. The van der Waals surface area contributed by atoms with E-state index >= 15 is 0 Å². The van der Waals surface area contributed by atoms with E-state index in [2.05, 4.69) is 37.3 Å². The first-order valence-electron chi connectivity index (χ1n) is 4.64. The molecule has 0 heteroatoms. The zero-order chi connectivity index (χ0) is 8.13. The summed E-state index contributed by atoms with van der Waals surface area (Å²) in [5, 5.41) is 0. The Labute approximate surface area is 72.9 Å². The van der Waals surface area contributed by atoms with E-state index < -0.39 is 0 Å². The van der Waals surface area contributed by atoms with Gasteiger partial charge in [0.05, 0.1) is 0 Å². The van der Waals surface area contributed by atoms with Crippen LogP contribution in [-0.2, 0) is 0 Å². The third-order valence-corrected chi connectivity index (χ3v) is 3.09. The molecule has 12 heavy (non-hydrogen) atoms. The second-order valence-corrected chi connectivity index (χ2v) is 3.94. The lowest BCUT2D eigenvalue weighted by atomic mass is 9.92. The molecule has 0 spiro atoms. The van der Waals surface area contributed by atoms with Gasteiger partial charge >= 0.3 is 0 Å². The smallest absolute Gasteiger partial charge is 0.00867 e. The van der Waals surface area contributed by atoms with Crippen molar-refractivity contribution >= 4 is 5.57 Å². The van der Waals surface area contributed by atoms with Crippen LogP contribution in [0.4, 0.5) is 0 Å². The summed E-state index contributed by atoms with van der Waals surface area (Å²) in [5.41, 5.74) is 4.54. The maximum atomic E-state index is 2.44. The molecule has 0 saturated heterocycles. The largest absolute Gasteiger partial charge is 0.0772 e. The lowest BCUT2D eigenvalue weighted by Crippen LogP contribution is -1.95. The molecule has 2 atom stereocenters. The summed E-state index contributed by atoms with van der Waals surface area (Å²) in [6.07, 6.45) is 3.82. The summed E-state index contributed by atoms with van der Waals surface area (Å²) in [4.78, 5) is 0. The summed E-state index contributed by atoms with van der Waals surface area (Å²) >= 11 is 0. The summed E-state index contributed by atoms with van der Waals surface area (Å²) in [6, 6.07) is 8.83. The molecule has 0 amide bonds. The van der Waals surface area contributed by atoms with Gasteiger partial charge in [-0.1, -0.05) is 30.3 Å². The van der Waals surface area contributed by atoms with Gasteiger partial charge in [-0.15, -0.1) is 0 Å². The van der Waals surface area contributed by atoms with Gasteiger partial charge in [-0.25, -0.2) is 0 Å². The Hall–Kier alpha value is -1.04. The van der Waals surface area contributed by atoms with Crippen LogP contribution < -0.4 is 0 Å². The van der Waals surface area contributed by atoms with Crippen LogP contribution in [0.25, 0.3) is 5.57 Å². The van der Waals surface area contributed by atoms with Gasteiger partial charge in [0, 0.05) is 0 Å². The molecule has 0 N–H and O–H groups in total. The molecule has 1 aromatic carbocycles. The fourth-order valence-electron chi connectivity index (χ4n) is 2.35. The number of rotatable bonds is 0. The molecule has 0 heterocycles. The Morgan fingerprint density at radius 3 is 3.00 bits per heavy atom. The molecule has 2 aliphatic carbocycles. The third kappa shape index (κ3) is 0.726. The molecule has 0 bridgehead atoms. The van der Waals surface area contributed by atoms with Crippen LogP contribution in [0.15, 0.2) is 30.3 Å². The summed E-state index contributed by atoms with van der Waals surface area (Å²) in [5.74, 6) is 1.74. The maximum Gasteiger partial charge on any atom is -0.00867 e. The third-order valence-electron chi connectivity index (χ3n) is 3.09. The first-order valence-corrected chi connectivity index (χ1v) is 4.64. The van der Waals surface area contributed by atoms with Gasteiger partial charge in [0.1, 0.15) is 0 Å². The minimum absolute atomic E-state index is 0.866. The standard InChI is InChI=1S/C12H12/c1-8-6-9-7-12(9)11-5-3-2-4-10(8)11/h2-6,9,12H,7H2,1H3. The van der Waals surface area contributed by atoms with E-state index in [1.807, 2.05) is 0 Å².